The Bertz CT molecular complexity index is 1000. The molecule has 4 rings (SSSR count). The Balaban J connectivity index is 1.46. The van der Waals surface area contributed by atoms with Crippen molar-refractivity contribution in [3.05, 3.63) is 35.4 Å². The number of carbonyl (C=O) groups is 2. The van der Waals surface area contributed by atoms with Crippen molar-refractivity contribution in [1.82, 2.24) is 20.2 Å². The maximum Gasteiger partial charge on any atom is 0.433 e. The number of thioether (sulfide) groups is 1. The molecule has 2 aliphatic rings. The Morgan fingerprint density at radius 2 is 1.91 bits per heavy atom. The van der Waals surface area contributed by atoms with E-state index in [9.17, 15) is 22.8 Å². The molecule has 32 heavy (non-hydrogen) atoms. The summed E-state index contributed by atoms with van der Waals surface area (Å²) in [6.07, 6.45) is -2.71. The van der Waals surface area contributed by atoms with Crippen molar-refractivity contribution in [3.63, 3.8) is 0 Å². The first kappa shape index (κ1) is 22.4. The number of nitrogens with zero attached hydrogens (tertiary/aromatic N) is 4. The van der Waals surface area contributed by atoms with Gasteiger partial charge in [0.1, 0.15) is 11.6 Å². The molecule has 1 saturated heterocycles. The van der Waals surface area contributed by atoms with Crippen LogP contribution in [0.5, 0.6) is 0 Å². The molecule has 1 aliphatic heterocycles. The van der Waals surface area contributed by atoms with E-state index in [0.29, 0.717) is 31.9 Å². The van der Waals surface area contributed by atoms with Gasteiger partial charge in [0.25, 0.3) is 5.91 Å². The number of amides is 2. The molecule has 8 nitrogen and oxygen atoms in total. The lowest BCUT2D eigenvalue weighted by Gasteiger charge is -2.35. The first-order valence-corrected chi connectivity index (χ1v) is 11.2. The Morgan fingerprint density at radius 1 is 1.19 bits per heavy atom. The van der Waals surface area contributed by atoms with Crippen LogP contribution in [0.2, 0.25) is 0 Å². The summed E-state index contributed by atoms with van der Waals surface area (Å²) >= 11 is 1.000. The zero-order valence-electron chi connectivity index (χ0n) is 17.3. The second-order valence-electron chi connectivity index (χ2n) is 7.69. The van der Waals surface area contributed by atoms with Crippen LogP contribution in [-0.4, -0.2) is 58.9 Å². The molecule has 0 radical (unpaired) electrons. The van der Waals surface area contributed by atoms with Gasteiger partial charge in [-0.2, -0.15) is 13.2 Å². The number of hydrogen-bond donors (Lipinski definition) is 1. The maximum atomic E-state index is 13.4. The molecule has 1 saturated carbocycles. The highest BCUT2D eigenvalue weighted by Crippen LogP contribution is 2.32. The van der Waals surface area contributed by atoms with E-state index >= 15 is 0 Å². The van der Waals surface area contributed by atoms with E-state index in [1.807, 2.05) is 0 Å². The fraction of sp³-hybridized carbons (Fsp3) is 0.500. The summed E-state index contributed by atoms with van der Waals surface area (Å²) in [5.41, 5.74) is -1.03. The van der Waals surface area contributed by atoms with E-state index in [4.69, 9.17) is 4.42 Å². The van der Waals surface area contributed by atoms with E-state index in [0.717, 1.165) is 30.7 Å². The topological polar surface area (TPSA) is 91.6 Å². The lowest BCUT2D eigenvalue weighted by atomic mass is 10.3. The van der Waals surface area contributed by atoms with Crippen molar-refractivity contribution in [2.24, 2.45) is 0 Å². The fourth-order valence-electron chi connectivity index (χ4n) is 3.23. The monoisotopic (exact) mass is 469 g/mol. The first-order chi connectivity index (χ1) is 15.2. The second-order valence-corrected chi connectivity index (χ2v) is 8.63. The molecular formula is C20H22F3N5O3S. The van der Waals surface area contributed by atoms with E-state index in [1.54, 1.807) is 21.9 Å². The van der Waals surface area contributed by atoms with Crippen molar-refractivity contribution < 1.29 is 27.2 Å². The number of hydrogen-bond acceptors (Lipinski definition) is 7. The molecule has 2 aromatic rings. The van der Waals surface area contributed by atoms with Crippen molar-refractivity contribution in [3.8, 4) is 0 Å². The highest BCUT2D eigenvalue weighted by Gasteiger charge is 2.35. The van der Waals surface area contributed by atoms with Gasteiger partial charge in [0.05, 0.1) is 5.75 Å². The number of carbonyl (C=O) groups excluding carboxylic acids is 2. The average Bonchev–Trinajstić information content (AvgIpc) is 3.44. The Kier molecular flexibility index (Phi) is 6.31. The molecule has 12 heteroatoms. The number of furan rings is 1. The van der Waals surface area contributed by atoms with Crippen LogP contribution >= 0.6 is 11.8 Å². The van der Waals surface area contributed by atoms with E-state index in [2.05, 4.69) is 15.3 Å². The molecule has 0 bridgehead atoms. The zero-order valence-corrected chi connectivity index (χ0v) is 18.1. The quantitative estimate of drug-likeness (QED) is 0.514. The lowest BCUT2D eigenvalue weighted by molar-refractivity contribution is -0.141. The molecule has 2 aromatic heterocycles. The van der Waals surface area contributed by atoms with Crippen molar-refractivity contribution in [2.45, 2.75) is 42.9 Å². The van der Waals surface area contributed by atoms with Crippen LogP contribution in [0, 0.1) is 0 Å². The standard InChI is InChI=1S/C20H22F3N5O3S/c1-12(29)27-6-8-28(9-7-27)17-10-16(20(21,22)23)25-19(26-17)32-11-14-4-5-15(31-14)18(30)24-13-2-3-13/h4-5,10,13H,2-3,6-9,11H2,1H3,(H,24,30). The average molecular weight is 469 g/mol. The number of anilines is 1. The van der Waals surface area contributed by atoms with Gasteiger partial charge in [-0.1, -0.05) is 11.8 Å². The molecule has 0 unspecified atom stereocenters. The van der Waals surface area contributed by atoms with E-state index in [-0.39, 0.29) is 40.3 Å². The smallest absolute Gasteiger partial charge is 0.433 e. The maximum absolute atomic E-state index is 13.4. The summed E-state index contributed by atoms with van der Waals surface area (Å²) in [6, 6.07) is 4.28. The molecule has 3 heterocycles. The summed E-state index contributed by atoms with van der Waals surface area (Å²) in [5.74, 6) is 0.585. The minimum Gasteiger partial charge on any atom is -0.455 e. The summed E-state index contributed by atoms with van der Waals surface area (Å²) < 4.78 is 45.8. The molecule has 0 aromatic carbocycles. The number of aromatic nitrogens is 2. The van der Waals surface area contributed by atoms with Gasteiger partial charge in [-0.3, -0.25) is 9.59 Å². The predicted molar refractivity (Wildman–Crippen MR) is 110 cm³/mol. The highest BCUT2D eigenvalue weighted by molar-refractivity contribution is 7.98. The Hall–Kier alpha value is -2.76. The third-order valence-corrected chi connectivity index (χ3v) is 6.04. The number of alkyl halides is 3. The summed E-state index contributed by atoms with van der Waals surface area (Å²) in [6.45, 7) is 3.07. The molecule has 172 valence electrons. The van der Waals surface area contributed by atoms with Gasteiger partial charge < -0.3 is 19.5 Å². The molecular weight excluding hydrogens is 447 g/mol. The minimum absolute atomic E-state index is 0.0378. The number of nitrogens with one attached hydrogen (secondary N) is 1. The van der Waals surface area contributed by atoms with Crippen LogP contribution < -0.4 is 10.2 Å². The molecule has 1 aliphatic carbocycles. The normalized spacial score (nSPS) is 16.9. The van der Waals surface area contributed by atoms with Crippen LogP contribution in [0.4, 0.5) is 19.0 Å². The lowest BCUT2D eigenvalue weighted by Crippen LogP contribution is -2.48. The van der Waals surface area contributed by atoms with Crippen LogP contribution in [0.3, 0.4) is 0 Å². The predicted octanol–water partition coefficient (Wildman–Crippen LogP) is 2.94. The van der Waals surface area contributed by atoms with Crippen molar-refractivity contribution in [1.29, 1.82) is 0 Å². The van der Waals surface area contributed by atoms with E-state index < -0.39 is 11.9 Å². The minimum atomic E-state index is -4.62. The van der Waals surface area contributed by atoms with E-state index in [1.165, 1.54) is 6.92 Å². The van der Waals surface area contributed by atoms with Gasteiger partial charge in [0, 0.05) is 45.2 Å². The number of halogens is 3. The van der Waals surface area contributed by atoms with Gasteiger partial charge in [0.15, 0.2) is 16.6 Å². The van der Waals surface area contributed by atoms with Gasteiger partial charge in [0.2, 0.25) is 5.91 Å². The van der Waals surface area contributed by atoms with Crippen LogP contribution in [-0.2, 0) is 16.7 Å². The zero-order chi connectivity index (χ0) is 22.9. The molecule has 2 amide bonds. The molecule has 0 spiro atoms. The summed E-state index contributed by atoms with van der Waals surface area (Å²) in [4.78, 5) is 34.8. The van der Waals surface area contributed by atoms with Gasteiger partial charge in [-0.05, 0) is 25.0 Å². The second kappa shape index (κ2) is 9.00. The van der Waals surface area contributed by atoms with Gasteiger partial charge >= 0.3 is 6.18 Å². The molecule has 2 fully saturated rings. The third-order valence-electron chi connectivity index (χ3n) is 5.17. The van der Waals surface area contributed by atoms with Gasteiger partial charge in [-0.15, -0.1) is 0 Å². The largest absolute Gasteiger partial charge is 0.455 e. The fourth-order valence-corrected chi connectivity index (χ4v) is 3.98. The molecule has 0 atom stereocenters. The highest BCUT2D eigenvalue weighted by atomic mass is 32.2. The van der Waals surface area contributed by atoms with Crippen LogP contribution in [0.25, 0.3) is 0 Å². The SMILES string of the molecule is CC(=O)N1CCN(c2cc(C(F)(F)F)nc(SCc3ccc(C(=O)NC4CC4)o3)n2)CC1. The number of piperazine rings is 1. The van der Waals surface area contributed by atoms with Gasteiger partial charge in [-0.25, -0.2) is 9.97 Å². The molecule has 1 N–H and O–H groups in total. The summed E-state index contributed by atoms with van der Waals surface area (Å²) in [5, 5.41) is 2.78. The Morgan fingerprint density at radius 3 is 2.53 bits per heavy atom. The van der Waals surface area contributed by atoms with Crippen molar-refractivity contribution in [2.75, 3.05) is 31.1 Å². The third kappa shape index (κ3) is 5.53. The van der Waals surface area contributed by atoms with Crippen LogP contribution in [0.15, 0.2) is 27.8 Å². The Labute approximate surface area is 186 Å². The van der Waals surface area contributed by atoms with Crippen LogP contribution in [0.1, 0.15) is 41.8 Å². The van der Waals surface area contributed by atoms with Crippen molar-refractivity contribution >= 4 is 29.4 Å². The summed E-state index contributed by atoms with van der Waals surface area (Å²) in [7, 11) is 0. The first-order valence-electron chi connectivity index (χ1n) is 10.2. The number of rotatable bonds is 6.